The minimum absolute atomic E-state index is 0.0637. The van der Waals surface area contributed by atoms with Gasteiger partial charge in [-0.1, -0.05) is 24.3 Å². The predicted molar refractivity (Wildman–Crippen MR) is 94.1 cm³/mol. The van der Waals surface area contributed by atoms with E-state index in [1.807, 2.05) is 55.5 Å². The first-order chi connectivity index (χ1) is 11.2. The van der Waals surface area contributed by atoms with E-state index in [-0.39, 0.29) is 5.43 Å². The summed E-state index contributed by atoms with van der Waals surface area (Å²) in [5, 5.41) is 1.42. The number of benzene rings is 2. The quantitative estimate of drug-likeness (QED) is 0.612. The smallest absolute Gasteiger partial charge is 0.203 e. The lowest BCUT2D eigenvalue weighted by atomic mass is 10.1. The Morgan fingerprint density at radius 2 is 1.48 bits per heavy atom. The number of allylic oxidation sites excluding steroid dienone is 3. The Kier molecular flexibility index (Phi) is 3.08. The summed E-state index contributed by atoms with van der Waals surface area (Å²) < 4.78 is 8.11. The molecule has 114 valence electrons. The highest BCUT2D eigenvalue weighted by Crippen LogP contribution is 2.30. The zero-order valence-electron chi connectivity index (χ0n) is 13.2. The Morgan fingerprint density at radius 3 is 2.09 bits per heavy atom. The highest BCUT2D eigenvalue weighted by atomic mass is 16.5. The molecule has 0 amide bonds. The van der Waals surface area contributed by atoms with Crippen molar-refractivity contribution in [2.75, 3.05) is 0 Å². The summed E-state index contributed by atoms with van der Waals surface area (Å²) in [6, 6.07) is 15.4. The maximum absolute atomic E-state index is 12.8. The van der Waals surface area contributed by atoms with Crippen LogP contribution >= 0.6 is 0 Å². The standard InChI is InChI=1S/C20H17NO2/c1-13-11-12-14(2)23-20(13)21-17-9-5-3-7-15(17)19(22)16-8-4-6-10-18(16)21/h3-10,12H,11H2,1-2H3. The average molecular weight is 303 g/mol. The third kappa shape index (κ3) is 2.08. The molecule has 1 aliphatic rings. The van der Waals surface area contributed by atoms with Crippen molar-refractivity contribution in [2.24, 2.45) is 0 Å². The Labute approximate surface area is 134 Å². The van der Waals surface area contributed by atoms with E-state index in [1.165, 1.54) is 0 Å². The maximum Gasteiger partial charge on any atom is 0.203 e. The largest absolute Gasteiger partial charge is 0.445 e. The molecular weight excluding hydrogens is 286 g/mol. The number of pyridine rings is 1. The molecule has 0 N–H and O–H groups in total. The summed E-state index contributed by atoms with van der Waals surface area (Å²) in [5.74, 6) is 1.69. The van der Waals surface area contributed by atoms with E-state index in [0.717, 1.165) is 34.7 Å². The number of fused-ring (bicyclic) bond motifs is 2. The van der Waals surface area contributed by atoms with Crippen LogP contribution in [0.1, 0.15) is 20.3 Å². The highest BCUT2D eigenvalue weighted by molar-refractivity contribution is 5.96. The molecule has 0 fully saturated rings. The maximum atomic E-state index is 12.8. The molecule has 4 rings (SSSR count). The van der Waals surface area contributed by atoms with E-state index in [9.17, 15) is 4.79 Å². The second kappa shape index (κ2) is 5.13. The van der Waals surface area contributed by atoms with Crippen LogP contribution in [-0.4, -0.2) is 4.57 Å². The van der Waals surface area contributed by atoms with Crippen LogP contribution in [0.2, 0.25) is 0 Å². The molecule has 0 radical (unpaired) electrons. The second-order valence-electron chi connectivity index (χ2n) is 5.91. The Bertz CT molecular complexity index is 994. The molecule has 0 aliphatic carbocycles. The first-order valence-electron chi connectivity index (χ1n) is 7.74. The van der Waals surface area contributed by atoms with Crippen LogP contribution in [0.3, 0.4) is 0 Å². The van der Waals surface area contributed by atoms with E-state index in [2.05, 4.69) is 17.6 Å². The Balaban J connectivity index is 2.20. The molecule has 0 spiro atoms. The number of hydrogen-bond donors (Lipinski definition) is 0. The summed E-state index contributed by atoms with van der Waals surface area (Å²) >= 11 is 0. The number of para-hydroxylation sites is 2. The lowest BCUT2D eigenvalue weighted by Gasteiger charge is -2.23. The number of nitrogens with zero attached hydrogens (tertiary/aromatic N) is 1. The Hall–Kier alpha value is -2.81. The number of rotatable bonds is 1. The van der Waals surface area contributed by atoms with Crippen LogP contribution in [-0.2, 0) is 4.74 Å². The molecule has 0 bridgehead atoms. The van der Waals surface area contributed by atoms with Gasteiger partial charge in [0.15, 0.2) is 5.43 Å². The molecule has 1 aliphatic heterocycles. The van der Waals surface area contributed by atoms with Gasteiger partial charge in [-0.2, -0.15) is 0 Å². The summed E-state index contributed by atoms with van der Waals surface area (Å²) in [5.41, 5.74) is 2.96. The molecule has 0 saturated carbocycles. The van der Waals surface area contributed by atoms with E-state index in [0.29, 0.717) is 10.8 Å². The molecule has 3 nitrogen and oxygen atoms in total. The third-order valence-corrected chi connectivity index (χ3v) is 4.30. The number of hydrogen-bond acceptors (Lipinski definition) is 2. The molecule has 3 heteroatoms. The van der Waals surface area contributed by atoms with Crippen molar-refractivity contribution in [3.8, 4) is 0 Å². The van der Waals surface area contributed by atoms with Crippen molar-refractivity contribution < 1.29 is 4.74 Å². The van der Waals surface area contributed by atoms with Crippen LogP contribution in [0.15, 0.2) is 70.7 Å². The van der Waals surface area contributed by atoms with E-state index in [1.54, 1.807) is 0 Å². The van der Waals surface area contributed by atoms with Crippen molar-refractivity contribution >= 4 is 27.7 Å². The van der Waals surface area contributed by atoms with Crippen LogP contribution < -0.4 is 5.43 Å². The molecule has 3 aromatic rings. The lowest BCUT2D eigenvalue weighted by Crippen LogP contribution is -2.14. The van der Waals surface area contributed by atoms with Crippen LogP contribution in [0, 0.1) is 0 Å². The van der Waals surface area contributed by atoms with Gasteiger partial charge in [0, 0.05) is 10.8 Å². The zero-order chi connectivity index (χ0) is 16.0. The van der Waals surface area contributed by atoms with Gasteiger partial charge >= 0.3 is 0 Å². The molecule has 2 aromatic carbocycles. The fraction of sp³-hybridized carbons (Fsp3) is 0.150. The molecule has 1 aromatic heterocycles. The topological polar surface area (TPSA) is 31.2 Å². The fourth-order valence-electron chi connectivity index (χ4n) is 3.12. The van der Waals surface area contributed by atoms with Gasteiger partial charge in [-0.25, -0.2) is 0 Å². The van der Waals surface area contributed by atoms with Crippen molar-refractivity contribution in [1.82, 2.24) is 4.57 Å². The molecule has 0 saturated heterocycles. The van der Waals surface area contributed by atoms with E-state index >= 15 is 0 Å². The van der Waals surface area contributed by atoms with Crippen LogP contribution in [0.4, 0.5) is 0 Å². The van der Waals surface area contributed by atoms with Crippen LogP contribution in [0.5, 0.6) is 0 Å². The fourth-order valence-corrected chi connectivity index (χ4v) is 3.12. The molecule has 2 heterocycles. The normalized spacial score (nSPS) is 15.0. The molecule has 0 atom stereocenters. The van der Waals surface area contributed by atoms with Crippen LogP contribution in [0.25, 0.3) is 27.7 Å². The predicted octanol–water partition coefficient (Wildman–Crippen LogP) is 4.67. The summed E-state index contributed by atoms with van der Waals surface area (Å²) in [7, 11) is 0. The van der Waals surface area contributed by atoms with Gasteiger partial charge in [-0.3, -0.25) is 9.36 Å². The van der Waals surface area contributed by atoms with Gasteiger partial charge in [0.2, 0.25) is 5.88 Å². The van der Waals surface area contributed by atoms with E-state index in [4.69, 9.17) is 4.74 Å². The van der Waals surface area contributed by atoms with Crippen molar-refractivity contribution in [3.05, 3.63) is 76.2 Å². The second-order valence-corrected chi connectivity index (χ2v) is 5.91. The minimum atomic E-state index is 0.0637. The SMILES string of the molecule is CC1=CCC(C)=C(n2c3ccccc3c(=O)c3ccccc32)O1. The molecule has 23 heavy (non-hydrogen) atoms. The van der Waals surface area contributed by atoms with Gasteiger partial charge in [0.25, 0.3) is 0 Å². The third-order valence-electron chi connectivity index (χ3n) is 4.30. The number of ether oxygens (including phenoxy) is 1. The summed E-state index contributed by atoms with van der Waals surface area (Å²) in [4.78, 5) is 12.8. The Morgan fingerprint density at radius 1 is 0.913 bits per heavy atom. The van der Waals surface area contributed by atoms with Gasteiger partial charge < -0.3 is 4.74 Å². The summed E-state index contributed by atoms with van der Waals surface area (Å²) in [6.45, 7) is 4.03. The highest BCUT2D eigenvalue weighted by Gasteiger charge is 2.18. The number of aromatic nitrogens is 1. The molecular formula is C20H17NO2. The molecule has 0 unspecified atom stereocenters. The lowest BCUT2D eigenvalue weighted by molar-refractivity contribution is 0.349. The first kappa shape index (κ1) is 13.8. The summed E-state index contributed by atoms with van der Waals surface area (Å²) in [6.07, 6.45) is 2.93. The monoisotopic (exact) mass is 303 g/mol. The minimum Gasteiger partial charge on any atom is -0.445 e. The van der Waals surface area contributed by atoms with E-state index < -0.39 is 0 Å². The van der Waals surface area contributed by atoms with Gasteiger partial charge in [-0.15, -0.1) is 0 Å². The zero-order valence-corrected chi connectivity index (χ0v) is 13.2. The van der Waals surface area contributed by atoms with Gasteiger partial charge in [0.1, 0.15) is 0 Å². The van der Waals surface area contributed by atoms with Crippen molar-refractivity contribution in [1.29, 1.82) is 0 Å². The first-order valence-corrected chi connectivity index (χ1v) is 7.74. The average Bonchev–Trinajstić information content (AvgIpc) is 2.58. The van der Waals surface area contributed by atoms with Crippen molar-refractivity contribution in [3.63, 3.8) is 0 Å². The van der Waals surface area contributed by atoms with Gasteiger partial charge in [-0.05, 0) is 56.2 Å². The van der Waals surface area contributed by atoms with Gasteiger partial charge in [0.05, 0.1) is 16.8 Å². The van der Waals surface area contributed by atoms with Crippen molar-refractivity contribution in [2.45, 2.75) is 20.3 Å².